The number of hydrogen-bond donors (Lipinski definition) is 0. The molecule has 0 saturated carbocycles. The van der Waals surface area contributed by atoms with Crippen LogP contribution < -0.4 is 0 Å². The lowest BCUT2D eigenvalue weighted by Gasteiger charge is -2.36. The summed E-state index contributed by atoms with van der Waals surface area (Å²) in [5.41, 5.74) is -5.39. The number of ether oxygens (including phenoxy) is 1. The lowest BCUT2D eigenvalue weighted by Crippen LogP contribution is -2.63. The van der Waals surface area contributed by atoms with Crippen LogP contribution >= 0.6 is 0 Å². The van der Waals surface area contributed by atoms with E-state index in [-0.39, 0.29) is 6.42 Å². The molecule has 0 aliphatic carbocycles. The van der Waals surface area contributed by atoms with Gasteiger partial charge in [0.15, 0.2) is 0 Å². The molecule has 0 saturated heterocycles. The van der Waals surface area contributed by atoms with E-state index in [4.69, 9.17) is 0 Å². The van der Waals surface area contributed by atoms with E-state index >= 15 is 0 Å². The molecule has 34 heavy (non-hydrogen) atoms. The van der Waals surface area contributed by atoms with Crippen molar-refractivity contribution in [1.82, 2.24) is 0 Å². The fourth-order valence-electron chi connectivity index (χ4n) is 3.04. The predicted octanol–water partition coefficient (Wildman–Crippen LogP) is 6.75. The summed E-state index contributed by atoms with van der Waals surface area (Å²) >= 11 is 0. The molecule has 0 bridgehead atoms. The second-order valence-electron chi connectivity index (χ2n) is 7.98. The van der Waals surface area contributed by atoms with Crippen LogP contribution in [0.4, 0.5) is 26.3 Å². The van der Waals surface area contributed by atoms with Crippen molar-refractivity contribution in [3.05, 3.63) is 24.3 Å². The van der Waals surface area contributed by atoms with Crippen molar-refractivity contribution in [2.75, 3.05) is 5.75 Å². The number of carbonyl (C=O) groups is 1. The molecule has 0 aromatic rings. The molecule has 0 spiro atoms. The topological polar surface area (TPSA) is 83.5 Å². The summed E-state index contributed by atoms with van der Waals surface area (Å²) in [5.74, 6) is -4.84. The second-order valence-corrected chi connectivity index (χ2v) is 9.38. The summed E-state index contributed by atoms with van der Waals surface area (Å²) in [5, 5.41) is 0. The van der Waals surface area contributed by atoms with Crippen LogP contribution in [0.2, 0.25) is 0 Å². The molecule has 0 fully saturated rings. The number of rotatable bonds is 17. The van der Waals surface area contributed by atoms with Crippen LogP contribution in [0.3, 0.4) is 0 Å². The Labute approximate surface area is 197 Å². The molecule has 0 amide bonds. The molecule has 0 atom stereocenters. The fourth-order valence-corrected chi connectivity index (χ4v) is 3.93. The van der Waals surface area contributed by atoms with Gasteiger partial charge in [-0.2, -0.15) is 26.3 Å². The summed E-state index contributed by atoms with van der Waals surface area (Å²) < 4.78 is 114. The maximum Gasteiger partial charge on any atom is 0.438 e. The third kappa shape index (κ3) is 13.4. The number of unbranched alkanes of at least 4 members (excludes halogenated alkanes) is 8. The van der Waals surface area contributed by atoms with Crippen LogP contribution in [0, 0.1) is 0 Å². The summed E-state index contributed by atoms with van der Waals surface area (Å²) in [7, 11) is -6.02. The lowest BCUT2D eigenvalue weighted by molar-refractivity contribution is -0.361. The minimum absolute atomic E-state index is 0.0343. The van der Waals surface area contributed by atoms with Crippen molar-refractivity contribution in [1.29, 1.82) is 0 Å². The van der Waals surface area contributed by atoms with Crippen molar-refractivity contribution < 1.29 is 48.8 Å². The van der Waals surface area contributed by atoms with Gasteiger partial charge in [0.25, 0.3) is 0 Å². The summed E-state index contributed by atoms with van der Waals surface area (Å²) in [6.45, 7) is 2.15. The maximum atomic E-state index is 13.1. The standard InChI is InChI=1S/C22H34F6O5S/c1-2-3-4-5-6-7-8-9-10-11-12-13-14-15-16-17-19(29)33-20(21(23,24)25,22(26,27)28)18-34(30,31)32/h6-7,9-10H,2-5,8,11-18H2,1H3,(H,30,31,32)/p-1/b7-6+,10-9+. The van der Waals surface area contributed by atoms with Gasteiger partial charge in [-0.3, -0.25) is 4.79 Å². The number of esters is 1. The van der Waals surface area contributed by atoms with Crippen LogP contribution in [0.5, 0.6) is 0 Å². The normalized spacial score (nSPS) is 13.8. The van der Waals surface area contributed by atoms with Crippen molar-refractivity contribution >= 4 is 16.1 Å². The minimum atomic E-state index is -6.34. The van der Waals surface area contributed by atoms with Gasteiger partial charge in [-0.05, 0) is 38.5 Å². The fraction of sp³-hybridized carbons (Fsp3) is 0.773. The third-order valence-electron chi connectivity index (χ3n) is 4.92. The Morgan fingerprint density at radius 3 is 1.74 bits per heavy atom. The molecule has 12 heteroatoms. The number of alkyl halides is 6. The highest BCUT2D eigenvalue weighted by molar-refractivity contribution is 7.85. The van der Waals surface area contributed by atoms with E-state index in [1.807, 2.05) is 12.2 Å². The van der Waals surface area contributed by atoms with Crippen LogP contribution in [0.1, 0.15) is 84.0 Å². The molecule has 0 aromatic carbocycles. The zero-order valence-electron chi connectivity index (χ0n) is 19.2. The van der Waals surface area contributed by atoms with Crippen molar-refractivity contribution in [3.8, 4) is 0 Å². The first kappa shape index (κ1) is 32.4. The zero-order chi connectivity index (χ0) is 26.3. The molecule has 0 radical (unpaired) electrons. The maximum absolute atomic E-state index is 13.1. The van der Waals surface area contributed by atoms with Crippen molar-refractivity contribution in [2.24, 2.45) is 0 Å². The molecule has 0 rings (SSSR count). The van der Waals surface area contributed by atoms with Crippen molar-refractivity contribution in [2.45, 2.75) is 102 Å². The molecule has 0 aliphatic rings. The number of carbonyl (C=O) groups excluding carboxylic acids is 1. The molecule has 0 heterocycles. The first-order valence-electron chi connectivity index (χ1n) is 11.2. The average molecular weight is 524 g/mol. The van der Waals surface area contributed by atoms with Gasteiger partial charge >= 0.3 is 23.9 Å². The van der Waals surface area contributed by atoms with Crippen LogP contribution in [-0.4, -0.2) is 42.6 Å². The average Bonchev–Trinajstić information content (AvgIpc) is 2.67. The SMILES string of the molecule is CCCCC/C=C/C/C=C/CCCCCCCC(=O)OC(CS(=O)(=O)[O-])(C(F)(F)F)C(F)(F)F. The van der Waals surface area contributed by atoms with E-state index in [9.17, 15) is 44.1 Å². The molecule has 0 unspecified atom stereocenters. The Morgan fingerprint density at radius 2 is 1.26 bits per heavy atom. The molecular weight excluding hydrogens is 490 g/mol. The molecule has 0 aliphatic heterocycles. The van der Waals surface area contributed by atoms with Gasteiger partial charge < -0.3 is 9.29 Å². The molecule has 0 aromatic heterocycles. The highest BCUT2D eigenvalue weighted by Crippen LogP contribution is 2.47. The zero-order valence-corrected chi connectivity index (χ0v) is 20.0. The van der Waals surface area contributed by atoms with Gasteiger partial charge in [0, 0.05) is 6.42 Å². The summed E-state index contributed by atoms with van der Waals surface area (Å²) in [6.07, 6.45) is 3.76. The Balaban J connectivity index is 4.34. The highest BCUT2D eigenvalue weighted by atomic mass is 32.2. The molecule has 0 N–H and O–H groups in total. The Hall–Kier alpha value is -1.56. The van der Waals surface area contributed by atoms with Gasteiger partial charge in [0.2, 0.25) is 0 Å². The lowest BCUT2D eigenvalue weighted by atomic mass is 10.1. The number of allylic oxidation sites excluding steroid dienone is 4. The largest absolute Gasteiger partial charge is 0.748 e. The smallest absolute Gasteiger partial charge is 0.438 e. The first-order valence-corrected chi connectivity index (χ1v) is 12.8. The Kier molecular flexibility index (Phi) is 14.7. The highest BCUT2D eigenvalue weighted by Gasteiger charge is 2.75. The predicted molar refractivity (Wildman–Crippen MR) is 115 cm³/mol. The van der Waals surface area contributed by atoms with Crippen molar-refractivity contribution in [3.63, 3.8) is 0 Å². The number of halogens is 6. The molecule has 200 valence electrons. The van der Waals surface area contributed by atoms with Crippen LogP contribution in [-0.2, 0) is 19.6 Å². The molecule has 5 nitrogen and oxygen atoms in total. The van der Waals surface area contributed by atoms with Gasteiger partial charge in [0.05, 0.1) is 15.9 Å². The van der Waals surface area contributed by atoms with E-state index in [2.05, 4.69) is 23.8 Å². The van der Waals surface area contributed by atoms with E-state index in [0.29, 0.717) is 12.8 Å². The van der Waals surface area contributed by atoms with E-state index in [1.165, 1.54) is 19.3 Å². The van der Waals surface area contributed by atoms with E-state index in [1.54, 1.807) is 0 Å². The second kappa shape index (κ2) is 15.4. The Morgan fingerprint density at radius 1 is 0.794 bits per heavy atom. The van der Waals surface area contributed by atoms with Gasteiger partial charge in [-0.15, -0.1) is 0 Å². The van der Waals surface area contributed by atoms with E-state index in [0.717, 1.165) is 32.1 Å². The molecular formula is C22H33F6O5S-. The third-order valence-corrected chi connectivity index (χ3v) is 5.68. The quantitative estimate of drug-likeness (QED) is 0.0692. The first-order chi connectivity index (χ1) is 15.7. The minimum Gasteiger partial charge on any atom is -0.748 e. The van der Waals surface area contributed by atoms with Gasteiger partial charge in [-0.1, -0.05) is 63.3 Å². The summed E-state index contributed by atoms with van der Waals surface area (Å²) in [6, 6.07) is 0. The van der Waals surface area contributed by atoms with Gasteiger partial charge in [-0.25, -0.2) is 8.42 Å². The number of hydrogen-bond acceptors (Lipinski definition) is 5. The van der Waals surface area contributed by atoms with Crippen LogP contribution in [0.15, 0.2) is 24.3 Å². The summed E-state index contributed by atoms with van der Waals surface area (Å²) in [4.78, 5) is 11.6. The van der Waals surface area contributed by atoms with E-state index < -0.39 is 46.2 Å². The van der Waals surface area contributed by atoms with Crippen LogP contribution in [0.25, 0.3) is 0 Å². The Bertz CT molecular complexity index is 728. The monoisotopic (exact) mass is 523 g/mol. The van der Waals surface area contributed by atoms with Gasteiger partial charge in [0.1, 0.15) is 0 Å².